The van der Waals surface area contributed by atoms with Crippen LogP contribution in [-0.2, 0) is 6.54 Å². The van der Waals surface area contributed by atoms with Gasteiger partial charge in [-0.15, -0.1) is 11.8 Å². The Hall–Kier alpha value is -0.540. The van der Waals surface area contributed by atoms with Crippen LogP contribution >= 0.6 is 11.8 Å². The highest BCUT2D eigenvalue weighted by molar-refractivity contribution is 8.00. The molecule has 0 aliphatic carbocycles. The van der Waals surface area contributed by atoms with Crippen LogP contribution in [0.5, 0.6) is 0 Å². The fourth-order valence-corrected chi connectivity index (χ4v) is 2.63. The van der Waals surface area contributed by atoms with Crippen molar-refractivity contribution in [2.45, 2.75) is 50.3 Å². The van der Waals surface area contributed by atoms with Crippen molar-refractivity contribution in [1.82, 2.24) is 5.32 Å². The Bertz CT molecular complexity index is 358. The number of halogens is 1. The second-order valence-corrected chi connectivity index (χ2v) is 7.09. The largest absolute Gasteiger partial charge is 0.313 e. The molecule has 1 rings (SSSR count). The van der Waals surface area contributed by atoms with E-state index in [-0.39, 0.29) is 10.6 Å². The van der Waals surface area contributed by atoms with Gasteiger partial charge < -0.3 is 5.32 Å². The van der Waals surface area contributed by atoms with E-state index in [4.69, 9.17) is 0 Å². The van der Waals surface area contributed by atoms with Crippen LogP contribution < -0.4 is 5.32 Å². The first kappa shape index (κ1) is 14.5. The Labute approximate surface area is 108 Å². The van der Waals surface area contributed by atoms with E-state index in [2.05, 4.69) is 39.1 Å². The van der Waals surface area contributed by atoms with Crippen molar-refractivity contribution in [3.8, 4) is 0 Å². The zero-order valence-corrected chi connectivity index (χ0v) is 12.0. The SMILES string of the molecule is CCCNCc1cc(F)cc(SC(C)(C)C)c1. The number of benzene rings is 1. The third-order valence-electron chi connectivity index (χ3n) is 2.11. The van der Waals surface area contributed by atoms with Gasteiger partial charge in [0.05, 0.1) is 0 Å². The highest BCUT2D eigenvalue weighted by Crippen LogP contribution is 2.32. The normalized spacial score (nSPS) is 11.8. The molecule has 0 radical (unpaired) electrons. The monoisotopic (exact) mass is 255 g/mol. The first-order valence-electron chi connectivity index (χ1n) is 6.10. The predicted octanol–water partition coefficient (Wildman–Crippen LogP) is 4.22. The van der Waals surface area contributed by atoms with Crippen molar-refractivity contribution >= 4 is 11.8 Å². The third kappa shape index (κ3) is 6.08. The third-order valence-corrected chi connectivity index (χ3v) is 3.19. The van der Waals surface area contributed by atoms with Gasteiger partial charge >= 0.3 is 0 Å². The molecule has 0 aromatic heterocycles. The number of thioether (sulfide) groups is 1. The van der Waals surface area contributed by atoms with Gasteiger partial charge in [0.1, 0.15) is 5.82 Å². The first-order valence-corrected chi connectivity index (χ1v) is 6.91. The van der Waals surface area contributed by atoms with Crippen molar-refractivity contribution in [1.29, 1.82) is 0 Å². The predicted molar refractivity (Wildman–Crippen MR) is 74.0 cm³/mol. The molecule has 0 aliphatic heterocycles. The highest BCUT2D eigenvalue weighted by atomic mass is 32.2. The van der Waals surface area contributed by atoms with E-state index in [1.807, 2.05) is 0 Å². The lowest BCUT2D eigenvalue weighted by molar-refractivity contribution is 0.614. The van der Waals surface area contributed by atoms with Crippen molar-refractivity contribution < 1.29 is 4.39 Å². The lowest BCUT2D eigenvalue weighted by Gasteiger charge is -2.18. The summed E-state index contributed by atoms with van der Waals surface area (Å²) in [4.78, 5) is 1.01. The van der Waals surface area contributed by atoms with E-state index in [0.717, 1.165) is 30.0 Å². The van der Waals surface area contributed by atoms with E-state index in [1.54, 1.807) is 23.9 Å². The first-order chi connectivity index (χ1) is 7.90. The van der Waals surface area contributed by atoms with E-state index in [0.29, 0.717) is 0 Å². The molecule has 17 heavy (non-hydrogen) atoms. The van der Waals surface area contributed by atoms with Gasteiger partial charge in [-0.2, -0.15) is 0 Å². The summed E-state index contributed by atoms with van der Waals surface area (Å²) in [6.45, 7) is 10.2. The van der Waals surface area contributed by atoms with Gasteiger partial charge in [-0.05, 0) is 36.7 Å². The standard InChI is InChI=1S/C14H22FNS/c1-5-6-16-10-11-7-12(15)9-13(8-11)17-14(2,3)4/h7-9,16H,5-6,10H2,1-4H3. The van der Waals surface area contributed by atoms with E-state index < -0.39 is 0 Å². The Morgan fingerprint density at radius 2 is 1.94 bits per heavy atom. The summed E-state index contributed by atoms with van der Waals surface area (Å²) in [6, 6.07) is 5.29. The molecule has 0 atom stereocenters. The maximum absolute atomic E-state index is 13.5. The smallest absolute Gasteiger partial charge is 0.124 e. The van der Waals surface area contributed by atoms with Crippen LogP contribution in [-0.4, -0.2) is 11.3 Å². The van der Waals surface area contributed by atoms with Gasteiger partial charge in [-0.3, -0.25) is 0 Å². The van der Waals surface area contributed by atoms with E-state index >= 15 is 0 Å². The van der Waals surface area contributed by atoms with Crippen LogP contribution in [0.4, 0.5) is 4.39 Å². The summed E-state index contributed by atoms with van der Waals surface area (Å²) in [5, 5.41) is 3.29. The molecule has 1 nitrogen and oxygen atoms in total. The summed E-state index contributed by atoms with van der Waals surface area (Å²) in [7, 11) is 0. The van der Waals surface area contributed by atoms with Crippen molar-refractivity contribution in [2.75, 3.05) is 6.54 Å². The average molecular weight is 255 g/mol. The molecule has 1 aromatic carbocycles. The Morgan fingerprint density at radius 1 is 1.24 bits per heavy atom. The maximum Gasteiger partial charge on any atom is 0.124 e. The second kappa shape index (κ2) is 6.41. The quantitative estimate of drug-likeness (QED) is 0.624. The molecule has 96 valence electrons. The van der Waals surface area contributed by atoms with Gasteiger partial charge in [0.2, 0.25) is 0 Å². The van der Waals surface area contributed by atoms with Gasteiger partial charge in [0.25, 0.3) is 0 Å². The summed E-state index contributed by atoms with van der Waals surface area (Å²) >= 11 is 1.70. The summed E-state index contributed by atoms with van der Waals surface area (Å²) in [5.74, 6) is -0.146. The molecular weight excluding hydrogens is 233 g/mol. The molecule has 0 saturated heterocycles. The topological polar surface area (TPSA) is 12.0 Å². The number of hydrogen-bond acceptors (Lipinski definition) is 2. The van der Waals surface area contributed by atoms with Crippen LogP contribution in [0.15, 0.2) is 23.1 Å². The molecule has 0 heterocycles. The second-order valence-electron chi connectivity index (χ2n) is 5.19. The van der Waals surface area contributed by atoms with E-state index in [9.17, 15) is 4.39 Å². The number of rotatable bonds is 5. The molecule has 0 bridgehead atoms. The number of nitrogens with one attached hydrogen (secondary N) is 1. The van der Waals surface area contributed by atoms with Crippen LogP contribution in [0.3, 0.4) is 0 Å². The summed E-state index contributed by atoms with van der Waals surface area (Å²) in [6.07, 6.45) is 1.10. The van der Waals surface area contributed by atoms with Gasteiger partial charge in [-0.25, -0.2) is 4.39 Å². The fraction of sp³-hybridized carbons (Fsp3) is 0.571. The van der Waals surface area contributed by atoms with Crippen LogP contribution in [0.25, 0.3) is 0 Å². The van der Waals surface area contributed by atoms with Gasteiger partial charge in [0.15, 0.2) is 0 Å². The molecular formula is C14H22FNS. The molecule has 0 saturated carbocycles. The lowest BCUT2D eigenvalue weighted by Crippen LogP contribution is -2.14. The van der Waals surface area contributed by atoms with Gasteiger partial charge in [-0.1, -0.05) is 27.7 Å². The highest BCUT2D eigenvalue weighted by Gasteiger charge is 2.13. The van der Waals surface area contributed by atoms with E-state index in [1.165, 1.54) is 0 Å². The lowest BCUT2D eigenvalue weighted by atomic mass is 10.2. The minimum atomic E-state index is -0.146. The molecule has 1 N–H and O–H groups in total. The fourth-order valence-electron chi connectivity index (χ4n) is 1.54. The Morgan fingerprint density at radius 3 is 2.53 bits per heavy atom. The van der Waals surface area contributed by atoms with Crippen molar-refractivity contribution in [2.24, 2.45) is 0 Å². The Kier molecular flexibility index (Phi) is 5.47. The molecule has 0 aliphatic rings. The van der Waals surface area contributed by atoms with Gasteiger partial charge in [0, 0.05) is 16.2 Å². The zero-order valence-electron chi connectivity index (χ0n) is 11.1. The molecule has 0 fully saturated rings. The molecule has 0 amide bonds. The van der Waals surface area contributed by atoms with Crippen molar-refractivity contribution in [3.63, 3.8) is 0 Å². The molecule has 0 spiro atoms. The number of hydrogen-bond donors (Lipinski definition) is 1. The Balaban J connectivity index is 2.72. The minimum absolute atomic E-state index is 0.113. The molecule has 1 aromatic rings. The molecule has 3 heteroatoms. The maximum atomic E-state index is 13.5. The van der Waals surface area contributed by atoms with Crippen LogP contribution in [0.2, 0.25) is 0 Å². The average Bonchev–Trinajstić information content (AvgIpc) is 2.14. The minimum Gasteiger partial charge on any atom is -0.313 e. The summed E-state index contributed by atoms with van der Waals surface area (Å²) in [5.41, 5.74) is 1.02. The molecule has 0 unspecified atom stereocenters. The van der Waals surface area contributed by atoms with Crippen LogP contribution in [0, 0.1) is 5.82 Å². The van der Waals surface area contributed by atoms with Crippen LogP contribution in [0.1, 0.15) is 39.7 Å². The van der Waals surface area contributed by atoms with Crippen molar-refractivity contribution in [3.05, 3.63) is 29.6 Å². The summed E-state index contributed by atoms with van der Waals surface area (Å²) < 4.78 is 13.6. The zero-order chi connectivity index (χ0) is 12.9.